The van der Waals surface area contributed by atoms with Crippen LogP contribution in [0.4, 0.5) is 18.3 Å². The number of fused-ring (bicyclic) bond motifs is 1. The molecular formula is C18H21F3N4O3S. The summed E-state index contributed by atoms with van der Waals surface area (Å²) in [4.78, 5) is 29.2. The molecule has 0 saturated carbocycles. The van der Waals surface area contributed by atoms with E-state index < -0.39 is 29.8 Å². The molecule has 1 aliphatic rings. The van der Waals surface area contributed by atoms with Crippen LogP contribution in [-0.2, 0) is 28.5 Å². The molecule has 2 aromatic rings. The first-order chi connectivity index (χ1) is 13.7. The zero-order valence-electron chi connectivity index (χ0n) is 16.2. The van der Waals surface area contributed by atoms with Gasteiger partial charge in [-0.3, -0.25) is 9.48 Å². The number of anilines is 1. The van der Waals surface area contributed by atoms with E-state index in [-0.39, 0.29) is 28.6 Å². The lowest BCUT2D eigenvalue weighted by Gasteiger charge is -2.17. The van der Waals surface area contributed by atoms with E-state index in [0.717, 1.165) is 11.3 Å². The highest BCUT2D eigenvalue weighted by atomic mass is 32.1. The summed E-state index contributed by atoms with van der Waals surface area (Å²) in [5.41, 5.74) is 0.141. The Morgan fingerprint density at radius 2 is 2.03 bits per heavy atom. The van der Waals surface area contributed by atoms with Crippen LogP contribution in [0, 0.1) is 6.92 Å². The molecule has 0 fully saturated rings. The minimum atomic E-state index is -4.56. The number of carbonyl (C=O) groups excluding carboxylic acids is 2. The first kappa shape index (κ1) is 21.3. The number of hydrogen-bond acceptors (Lipinski definition) is 6. The minimum absolute atomic E-state index is 0.179. The summed E-state index contributed by atoms with van der Waals surface area (Å²) >= 11 is 0.967. The number of ether oxygens (including phenoxy) is 1. The summed E-state index contributed by atoms with van der Waals surface area (Å²) in [6.45, 7) is 5.21. The molecule has 3 rings (SSSR count). The third kappa shape index (κ3) is 4.14. The van der Waals surface area contributed by atoms with Crippen molar-refractivity contribution in [3.63, 3.8) is 0 Å². The molecule has 158 valence electrons. The predicted molar refractivity (Wildman–Crippen MR) is 100 cm³/mol. The Bertz CT molecular complexity index is 936. The number of hydrogen-bond donors (Lipinski definition) is 1. The van der Waals surface area contributed by atoms with Crippen LogP contribution in [0.5, 0.6) is 0 Å². The van der Waals surface area contributed by atoms with E-state index in [2.05, 4.69) is 15.4 Å². The maximum Gasteiger partial charge on any atom is 0.435 e. The van der Waals surface area contributed by atoms with Crippen LogP contribution in [0.15, 0.2) is 0 Å². The summed E-state index contributed by atoms with van der Waals surface area (Å²) in [5.74, 6) is -1.06. The summed E-state index contributed by atoms with van der Waals surface area (Å²) < 4.78 is 46.1. The second kappa shape index (κ2) is 8.13. The SMILES string of the molecule is CCOC(=O)c1sc(NC(=O)[C@H](CC)n2nc(C(F)(F)F)c3c2CCC3)nc1C. The van der Waals surface area contributed by atoms with Gasteiger partial charge in [0, 0.05) is 11.3 Å². The molecule has 1 amide bonds. The van der Waals surface area contributed by atoms with Crippen molar-refractivity contribution in [3.05, 3.63) is 27.5 Å². The molecule has 1 atom stereocenters. The fourth-order valence-electron chi connectivity index (χ4n) is 3.44. The van der Waals surface area contributed by atoms with Crippen molar-refractivity contribution in [2.45, 2.75) is 58.7 Å². The van der Waals surface area contributed by atoms with Gasteiger partial charge in [-0.2, -0.15) is 18.3 Å². The molecule has 0 radical (unpaired) electrons. The number of alkyl halides is 3. The maximum absolute atomic E-state index is 13.3. The number of nitrogens with one attached hydrogen (secondary N) is 1. The number of esters is 1. The van der Waals surface area contributed by atoms with Crippen molar-refractivity contribution in [3.8, 4) is 0 Å². The number of rotatable bonds is 6. The Kier molecular flexibility index (Phi) is 5.97. The van der Waals surface area contributed by atoms with Gasteiger partial charge in [-0.05, 0) is 39.5 Å². The van der Waals surface area contributed by atoms with Crippen molar-refractivity contribution < 1.29 is 27.5 Å². The molecule has 1 N–H and O–H groups in total. The molecule has 0 spiro atoms. The first-order valence-corrected chi connectivity index (χ1v) is 10.1. The second-order valence-corrected chi connectivity index (χ2v) is 7.64. The molecule has 0 bridgehead atoms. The van der Waals surface area contributed by atoms with Gasteiger partial charge in [-0.25, -0.2) is 9.78 Å². The number of thiazole rings is 1. The molecule has 0 saturated heterocycles. The third-order valence-corrected chi connectivity index (χ3v) is 5.75. The van der Waals surface area contributed by atoms with Gasteiger partial charge in [0.1, 0.15) is 10.9 Å². The number of nitrogens with zero attached hydrogens (tertiary/aromatic N) is 3. The Labute approximate surface area is 169 Å². The largest absolute Gasteiger partial charge is 0.462 e. The zero-order valence-corrected chi connectivity index (χ0v) is 17.0. The quantitative estimate of drug-likeness (QED) is 0.702. The molecular weight excluding hydrogens is 409 g/mol. The highest BCUT2D eigenvalue weighted by Crippen LogP contribution is 2.38. The van der Waals surface area contributed by atoms with Crippen molar-refractivity contribution >= 4 is 28.3 Å². The van der Waals surface area contributed by atoms with Crippen LogP contribution in [0.3, 0.4) is 0 Å². The Morgan fingerprint density at radius 3 is 2.66 bits per heavy atom. The normalized spacial score (nSPS) is 14.6. The van der Waals surface area contributed by atoms with Crippen molar-refractivity contribution in [2.24, 2.45) is 0 Å². The van der Waals surface area contributed by atoms with E-state index in [1.54, 1.807) is 20.8 Å². The summed E-state index contributed by atoms with van der Waals surface area (Å²) in [6.07, 6.45) is -2.95. The van der Waals surface area contributed by atoms with Gasteiger partial charge in [0.25, 0.3) is 5.91 Å². The van der Waals surface area contributed by atoms with E-state index >= 15 is 0 Å². The van der Waals surface area contributed by atoms with Crippen molar-refractivity contribution in [2.75, 3.05) is 11.9 Å². The van der Waals surface area contributed by atoms with Gasteiger partial charge in [0.15, 0.2) is 10.8 Å². The van der Waals surface area contributed by atoms with E-state index in [9.17, 15) is 22.8 Å². The smallest absolute Gasteiger partial charge is 0.435 e. The Balaban J connectivity index is 1.86. The van der Waals surface area contributed by atoms with E-state index in [4.69, 9.17) is 4.74 Å². The van der Waals surface area contributed by atoms with Crippen molar-refractivity contribution in [1.29, 1.82) is 0 Å². The van der Waals surface area contributed by atoms with Gasteiger partial charge < -0.3 is 10.1 Å². The third-order valence-electron chi connectivity index (χ3n) is 4.70. The predicted octanol–water partition coefficient (Wildman–Crippen LogP) is 3.92. The van der Waals surface area contributed by atoms with Gasteiger partial charge in [-0.15, -0.1) is 0 Å². The molecule has 0 unspecified atom stereocenters. The van der Waals surface area contributed by atoms with Crippen LogP contribution >= 0.6 is 11.3 Å². The van der Waals surface area contributed by atoms with Crippen LogP contribution in [-0.4, -0.2) is 33.2 Å². The molecule has 29 heavy (non-hydrogen) atoms. The molecule has 1 aliphatic carbocycles. The van der Waals surface area contributed by atoms with E-state index in [0.29, 0.717) is 30.7 Å². The van der Waals surface area contributed by atoms with E-state index in [1.807, 2.05) is 0 Å². The van der Waals surface area contributed by atoms with Crippen molar-refractivity contribution in [1.82, 2.24) is 14.8 Å². The molecule has 2 aromatic heterocycles. The highest BCUT2D eigenvalue weighted by Gasteiger charge is 2.41. The minimum Gasteiger partial charge on any atom is -0.462 e. The fourth-order valence-corrected chi connectivity index (χ4v) is 4.31. The second-order valence-electron chi connectivity index (χ2n) is 6.64. The average Bonchev–Trinajstić information content (AvgIpc) is 3.31. The van der Waals surface area contributed by atoms with Gasteiger partial charge >= 0.3 is 12.1 Å². The van der Waals surface area contributed by atoms with Crippen LogP contribution in [0.1, 0.15) is 65.0 Å². The molecule has 0 aromatic carbocycles. The molecule has 0 aliphatic heterocycles. The fraction of sp³-hybridized carbons (Fsp3) is 0.556. The van der Waals surface area contributed by atoms with Gasteiger partial charge in [0.05, 0.1) is 12.3 Å². The number of halogens is 3. The first-order valence-electron chi connectivity index (χ1n) is 9.30. The summed E-state index contributed by atoms with van der Waals surface area (Å²) in [6, 6.07) is -0.909. The number of aromatic nitrogens is 3. The van der Waals surface area contributed by atoms with Crippen LogP contribution < -0.4 is 5.32 Å². The average molecular weight is 430 g/mol. The maximum atomic E-state index is 13.3. The topological polar surface area (TPSA) is 86.1 Å². The van der Waals surface area contributed by atoms with Gasteiger partial charge in [-0.1, -0.05) is 18.3 Å². The molecule has 2 heterocycles. The monoisotopic (exact) mass is 430 g/mol. The lowest BCUT2D eigenvalue weighted by atomic mass is 10.2. The number of carbonyl (C=O) groups is 2. The van der Waals surface area contributed by atoms with Crippen LogP contribution in [0.2, 0.25) is 0 Å². The number of aryl methyl sites for hydroxylation is 1. The summed E-state index contributed by atoms with van der Waals surface area (Å²) in [5, 5.41) is 6.55. The standard InChI is InChI=1S/C18H21F3N4O3S/c1-4-11(25-12-8-6-7-10(12)14(24-25)18(19,20)21)15(26)23-17-22-9(3)13(29-17)16(27)28-5-2/h11H,4-8H2,1-3H3,(H,22,23,26)/t11-/m0/s1. The lowest BCUT2D eigenvalue weighted by Crippen LogP contribution is -2.27. The summed E-state index contributed by atoms with van der Waals surface area (Å²) in [7, 11) is 0. The molecule has 7 nitrogen and oxygen atoms in total. The molecule has 11 heteroatoms. The lowest BCUT2D eigenvalue weighted by molar-refractivity contribution is -0.142. The zero-order chi connectivity index (χ0) is 21.3. The highest BCUT2D eigenvalue weighted by molar-refractivity contribution is 7.17. The van der Waals surface area contributed by atoms with Gasteiger partial charge in [0.2, 0.25) is 0 Å². The Hall–Kier alpha value is -2.43. The van der Waals surface area contributed by atoms with Crippen LogP contribution in [0.25, 0.3) is 0 Å². The number of amides is 1. The van der Waals surface area contributed by atoms with E-state index in [1.165, 1.54) is 4.68 Å². The Morgan fingerprint density at radius 1 is 1.31 bits per heavy atom.